The third kappa shape index (κ3) is 11.2. The fourth-order valence-corrected chi connectivity index (χ4v) is 4.16. The van der Waals surface area contributed by atoms with Gasteiger partial charge in [0.15, 0.2) is 9.04 Å². The van der Waals surface area contributed by atoms with Crippen molar-refractivity contribution >= 4 is 21.2 Å². The lowest BCUT2D eigenvalue weighted by atomic mass is 10.5. The highest BCUT2D eigenvalue weighted by Crippen LogP contribution is 2.10. The summed E-state index contributed by atoms with van der Waals surface area (Å²) in [5, 5.41) is 0. The highest BCUT2D eigenvalue weighted by molar-refractivity contribution is 6.51. The van der Waals surface area contributed by atoms with Gasteiger partial charge in [0, 0.05) is 6.10 Å². The van der Waals surface area contributed by atoms with Crippen LogP contribution >= 0.6 is 0 Å². The maximum Gasteiger partial charge on any atom is 0.234 e. The Morgan fingerprint density at radius 2 is 1.53 bits per heavy atom. The normalized spacial score (nSPS) is 11.7. The largest absolute Gasteiger partial charge is 0.418 e. The minimum absolute atomic E-state index is 0.232. The highest BCUT2D eigenvalue weighted by atomic mass is 28.3. The third-order valence-corrected chi connectivity index (χ3v) is 5.22. The lowest BCUT2D eigenvalue weighted by Gasteiger charge is -2.18. The fraction of sp³-hybridized carbons (Fsp3) is 0.818. The van der Waals surface area contributed by atoms with Crippen molar-refractivity contribution in [3.05, 3.63) is 0 Å². The molecule has 0 radical (unpaired) electrons. The first-order chi connectivity index (χ1) is 8.20. The van der Waals surface area contributed by atoms with Crippen LogP contribution in [0, 0.1) is 0 Å². The van der Waals surface area contributed by atoms with Gasteiger partial charge in [0.25, 0.3) is 0 Å². The number of aliphatic imine (C=N–C) groups is 2. The topological polar surface area (TPSA) is 68.1 Å². The van der Waals surface area contributed by atoms with Gasteiger partial charge < -0.3 is 4.43 Å². The molecule has 0 saturated heterocycles. The summed E-state index contributed by atoms with van der Waals surface area (Å²) in [6.45, 7) is 5.10. The summed E-state index contributed by atoms with van der Waals surface area (Å²) in [6.07, 6.45) is 5.04. The average molecular weight is 256 g/mol. The maximum atomic E-state index is 9.91. The smallest absolute Gasteiger partial charge is 0.234 e. The molecule has 0 aromatic heterocycles. The van der Waals surface area contributed by atoms with Gasteiger partial charge in [-0.1, -0.05) is 0 Å². The number of carbonyl (C=O) groups excluding carboxylic acids is 2. The van der Waals surface area contributed by atoms with Gasteiger partial charge in [-0.15, -0.1) is 0 Å². The maximum absolute atomic E-state index is 9.91. The molecule has 0 bridgehead atoms. The van der Waals surface area contributed by atoms with E-state index in [-0.39, 0.29) is 6.10 Å². The predicted molar refractivity (Wildman–Crippen MR) is 68.2 cm³/mol. The SMILES string of the molecule is CC(C)O[SiH](CCCN=C=O)CCCN=C=O. The minimum atomic E-state index is -1.26. The number of hydrogen-bond donors (Lipinski definition) is 0. The molecule has 0 rings (SSSR count). The first kappa shape index (κ1) is 15.9. The Morgan fingerprint density at radius 3 is 1.88 bits per heavy atom. The molecule has 96 valence electrons. The Morgan fingerprint density at radius 1 is 1.06 bits per heavy atom. The molecule has 0 aliphatic heterocycles. The summed E-state index contributed by atoms with van der Waals surface area (Å²) in [5.74, 6) is 0. The van der Waals surface area contributed by atoms with Crippen molar-refractivity contribution in [2.24, 2.45) is 9.98 Å². The molecule has 0 N–H and O–H groups in total. The summed E-state index contributed by atoms with van der Waals surface area (Å²) >= 11 is 0. The van der Waals surface area contributed by atoms with Crippen molar-refractivity contribution in [1.29, 1.82) is 0 Å². The Kier molecular flexibility index (Phi) is 10.7. The van der Waals surface area contributed by atoms with Gasteiger partial charge >= 0.3 is 0 Å². The summed E-state index contributed by atoms with van der Waals surface area (Å²) in [4.78, 5) is 26.9. The van der Waals surface area contributed by atoms with E-state index in [1.165, 1.54) is 12.2 Å². The van der Waals surface area contributed by atoms with E-state index in [0.29, 0.717) is 13.1 Å². The molecule has 0 saturated carbocycles. The zero-order valence-corrected chi connectivity index (χ0v) is 11.7. The van der Waals surface area contributed by atoms with Crippen LogP contribution < -0.4 is 0 Å². The van der Waals surface area contributed by atoms with Crippen LogP contribution in [0.4, 0.5) is 0 Å². The van der Waals surface area contributed by atoms with E-state index in [2.05, 4.69) is 9.98 Å². The van der Waals surface area contributed by atoms with Gasteiger partial charge in [0.05, 0.1) is 13.1 Å². The molecule has 0 aliphatic carbocycles. The molecule has 5 nitrogen and oxygen atoms in total. The number of isocyanates is 2. The molecular formula is C11H20N2O3Si. The van der Waals surface area contributed by atoms with Gasteiger partial charge in [-0.25, -0.2) is 19.6 Å². The minimum Gasteiger partial charge on any atom is -0.418 e. The second-order valence-electron chi connectivity index (χ2n) is 4.04. The van der Waals surface area contributed by atoms with Crippen molar-refractivity contribution in [3.63, 3.8) is 0 Å². The lowest BCUT2D eigenvalue weighted by Crippen LogP contribution is -2.22. The molecule has 0 aromatic carbocycles. The summed E-state index contributed by atoms with van der Waals surface area (Å²) in [6, 6.07) is 1.99. The van der Waals surface area contributed by atoms with Crippen molar-refractivity contribution in [3.8, 4) is 0 Å². The first-order valence-corrected chi connectivity index (χ1v) is 8.03. The van der Waals surface area contributed by atoms with Crippen LogP contribution in [0.25, 0.3) is 0 Å². The van der Waals surface area contributed by atoms with E-state index < -0.39 is 9.04 Å². The van der Waals surface area contributed by atoms with Gasteiger partial charge in [0.2, 0.25) is 12.2 Å². The zero-order valence-electron chi connectivity index (χ0n) is 10.5. The van der Waals surface area contributed by atoms with Gasteiger partial charge in [-0.3, -0.25) is 0 Å². The van der Waals surface area contributed by atoms with Crippen molar-refractivity contribution in [2.45, 2.75) is 44.9 Å². The van der Waals surface area contributed by atoms with Gasteiger partial charge in [-0.05, 0) is 38.8 Å². The van der Waals surface area contributed by atoms with E-state index in [0.717, 1.165) is 24.9 Å². The van der Waals surface area contributed by atoms with E-state index >= 15 is 0 Å². The van der Waals surface area contributed by atoms with Crippen LogP contribution in [0.1, 0.15) is 26.7 Å². The van der Waals surface area contributed by atoms with E-state index in [1.807, 2.05) is 13.8 Å². The van der Waals surface area contributed by atoms with Gasteiger partial charge in [-0.2, -0.15) is 0 Å². The second-order valence-corrected chi connectivity index (χ2v) is 6.71. The molecule has 6 heteroatoms. The molecule has 0 amide bonds. The molecule has 0 fully saturated rings. The predicted octanol–water partition coefficient (Wildman–Crippen LogP) is 1.59. The van der Waals surface area contributed by atoms with Gasteiger partial charge in [0.1, 0.15) is 0 Å². The monoisotopic (exact) mass is 256 g/mol. The first-order valence-electron chi connectivity index (χ1n) is 5.93. The van der Waals surface area contributed by atoms with E-state index in [9.17, 15) is 9.59 Å². The zero-order chi connectivity index (χ0) is 12.9. The van der Waals surface area contributed by atoms with E-state index in [1.54, 1.807) is 0 Å². The summed E-state index contributed by atoms with van der Waals surface area (Å²) in [7, 11) is -1.26. The Labute approximate surface area is 104 Å². The molecular weight excluding hydrogens is 236 g/mol. The molecule has 0 atom stereocenters. The van der Waals surface area contributed by atoms with Crippen LogP contribution in [0.15, 0.2) is 9.98 Å². The van der Waals surface area contributed by atoms with Crippen LogP contribution in [-0.2, 0) is 14.0 Å². The molecule has 0 aliphatic rings. The Bertz CT molecular complexity index is 260. The number of hydrogen-bond acceptors (Lipinski definition) is 5. The molecule has 17 heavy (non-hydrogen) atoms. The fourth-order valence-electron chi connectivity index (χ4n) is 1.55. The van der Waals surface area contributed by atoms with Crippen LogP contribution in [0.5, 0.6) is 0 Å². The number of rotatable bonds is 10. The summed E-state index contributed by atoms with van der Waals surface area (Å²) in [5.41, 5.74) is 0. The molecule has 0 aromatic rings. The molecule has 0 unspecified atom stereocenters. The summed E-state index contributed by atoms with van der Waals surface area (Å²) < 4.78 is 5.87. The Hall–Kier alpha value is -1.06. The van der Waals surface area contributed by atoms with Crippen molar-refractivity contribution < 1.29 is 14.0 Å². The average Bonchev–Trinajstić information content (AvgIpc) is 2.29. The highest BCUT2D eigenvalue weighted by Gasteiger charge is 2.12. The van der Waals surface area contributed by atoms with Crippen molar-refractivity contribution in [2.75, 3.05) is 13.1 Å². The van der Waals surface area contributed by atoms with Crippen LogP contribution in [0.3, 0.4) is 0 Å². The van der Waals surface area contributed by atoms with Crippen molar-refractivity contribution in [1.82, 2.24) is 0 Å². The lowest BCUT2D eigenvalue weighted by molar-refractivity contribution is 0.240. The van der Waals surface area contributed by atoms with Crippen LogP contribution in [0.2, 0.25) is 12.1 Å². The molecule has 0 heterocycles. The standard InChI is InChI=1S/C11H20N2O3Si/c1-11(2)16-17(7-3-5-12-9-14)8-4-6-13-10-15/h11,17H,3-8H2,1-2H3. The quantitative estimate of drug-likeness (QED) is 0.258. The molecule has 0 spiro atoms. The number of nitrogens with zero attached hydrogens (tertiary/aromatic N) is 2. The third-order valence-electron chi connectivity index (χ3n) is 2.19. The Balaban J connectivity index is 3.86. The second kappa shape index (κ2) is 11.4. The van der Waals surface area contributed by atoms with E-state index in [4.69, 9.17) is 4.43 Å². The van der Waals surface area contributed by atoms with Crippen LogP contribution in [-0.4, -0.2) is 40.4 Å².